The van der Waals surface area contributed by atoms with Crippen molar-refractivity contribution in [3.8, 4) is 5.75 Å². The van der Waals surface area contributed by atoms with E-state index >= 15 is 0 Å². The van der Waals surface area contributed by atoms with Gasteiger partial charge in [0.1, 0.15) is 16.9 Å². The van der Waals surface area contributed by atoms with Gasteiger partial charge >= 0.3 is 11.9 Å². The summed E-state index contributed by atoms with van der Waals surface area (Å²) in [6.45, 7) is 6.07. The largest absolute Gasteiger partial charge is 0.487 e. The van der Waals surface area contributed by atoms with Crippen LogP contribution in [0.2, 0.25) is 0 Å². The van der Waals surface area contributed by atoms with E-state index < -0.39 is 11.9 Å². The summed E-state index contributed by atoms with van der Waals surface area (Å²) in [5.74, 6) is -0.798. The Morgan fingerprint density at radius 2 is 1.95 bits per heavy atom. The Kier molecular flexibility index (Phi) is 3.60. The van der Waals surface area contributed by atoms with Gasteiger partial charge in [0.15, 0.2) is 0 Å². The molecule has 4 nitrogen and oxygen atoms in total. The molecule has 1 heterocycles. The predicted octanol–water partition coefficient (Wildman–Crippen LogP) is 3.34. The summed E-state index contributed by atoms with van der Waals surface area (Å²) in [4.78, 5) is 23.1. The lowest BCUT2D eigenvalue weighted by Gasteiger charge is -2.27. The van der Waals surface area contributed by atoms with Gasteiger partial charge in [-0.05, 0) is 38.8 Å². The number of fused-ring (bicyclic) bond motifs is 1. The summed E-state index contributed by atoms with van der Waals surface area (Å²) < 4.78 is 10.5. The van der Waals surface area contributed by atoms with Gasteiger partial charge in [0, 0.05) is 0 Å². The van der Waals surface area contributed by atoms with E-state index in [1.54, 1.807) is 18.2 Å². The monoisotopic (exact) mass is 262 g/mol. The maximum atomic E-state index is 11.7. The van der Waals surface area contributed by atoms with Gasteiger partial charge in [0.05, 0.1) is 5.56 Å². The van der Waals surface area contributed by atoms with E-state index in [0.717, 1.165) is 19.3 Å². The van der Waals surface area contributed by atoms with Gasteiger partial charge in [-0.2, -0.15) is 0 Å². The van der Waals surface area contributed by atoms with Crippen LogP contribution in [-0.4, -0.2) is 17.5 Å². The van der Waals surface area contributed by atoms with Crippen molar-refractivity contribution in [2.75, 3.05) is 0 Å². The number of rotatable bonds is 5. The highest BCUT2D eigenvalue weighted by atomic mass is 16.6. The fourth-order valence-corrected chi connectivity index (χ4v) is 2.14. The van der Waals surface area contributed by atoms with Crippen molar-refractivity contribution in [1.29, 1.82) is 0 Å². The molecule has 0 aliphatic carbocycles. The van der Waals surface area contributed by atoms with Crippen LogP contribution in [0.3, 0.4) is 0 Å². The van der Waals surface area contributed by atoms with E-state index in [0.29, 0.717) is 5.75 Å². The summed E-state index contributed by atoms with van der Waals surface area (Å²) >= 11 is 0. The maximum Gasteiger partial charge on any atom is 0.350 e. The number of benzene rings is 1. The first-order valence-corrected chi connectivity index (χ1v) is 6.53. The SMILES string of the molecule is CCCCC(C)(C)Oc1cccc2c1C(=O)OC2=O. The summed E-state index contributed by atoms with van der Waals surface area (Å²) in [7, 11) is 0. The summed E-state index contributed by atoms with van der Waals surface area (Å²) in [5.41, 5.74) is 0.155. The Bertz CT molecular complexity index is 517. The lowest BCUT2D eigenvalue weighted by Crippen LogP contribution is -2.28. The van der Waals surface area contributed by atoms with Crippen LogP contribution in [0.4, 0.5) is 0 Å². The van der Waals surface area contributed by atoms with Crippen molar-refractivity contribution in [3.05, 3.63) is 29.3 Å². The molecule has 0 N–H and O–H groups in total. The highest BCUT2D eigenvalue weighted by Gasteiger charge is 2.34. The third-order valence-corrected chi connectivity index (χ3v) is 3.15. The van der Waals surface area contributed by atoms with Crippen LogP contribution >= 0.6 is 0 Å². The standard InChI is InChI=1S/C15H18O4/c1-4-5-9-15(2,3)19-11-8-6-7-10-12(11)14(17)18-13(10)16/h6-8H,4-5,9H2,1-3H3. The Balaban J connectivity index is 2.28. The molecule has 0 fully saturated rings. The molecule has 0 spiro atoms. The highest BCUT2D eigenvalue weighted by molar-refractivity contribution is 6.16. The topological polar surface area (TPSA) is 52.6 Å². The van der Waals surface area contributed by atoms with Crippen molar-refractivity contribution in [1.82, 2.24) is 0 Å². The Hall–Kier alpha value is -1.84. The minimum absolute atomic E-state index is 0.247. The molecule has 102 valence electrons. The van der Waals surface area contributed by atoms with Crippen molar-refractivity contribution in [3.63, 3.8) is 0 Å². The fraction of sp³-hybridized carbons (Fsp3) is 0.467. The molecule has 0 radical (unpaired) electrons. The first-order chi connectivity index (χ1) is 8.94. The molecule has 2 rings (SSSR count). The number of hydrogen-bond acceptors (Lipinski definition) is 4. The van der Waals surface area contributed by atoms with Crippen molar-refractivity contribution < 1.29 is 19.1 Å². The molecule has 19 heavy (non-hydrogen) atoms. The van der Waals surface area contributed by atoms with Gasteiger partial charge < -0.3 is 9.47 Å². The smallest absolute Gasteiger partial charge is 0.350 e. The van der Waals surface area contributed by atoms with Crippen LogP contribution < -0.4 is 4.74 Å². The predicted molar refractivity (Wildman–Crippen MR) is 70.4 cm³/mol. The molecule has 0 amide bonds. The average molecular weight is 262 g/mol. The number of cyclic esters (lactones) is 2. The number of carbonyl (C=O) groups is 2. The molecular weight excluding hydrogens is 244 g/mol. The minimum atomic E-state index is -0.623. The summed E-state index contributed by atoms with van der Waals surface area (Å²) in [6, 6.07) is 4.98. The molecule has 1 aliphatic heterocycles. The molecule has 0 aromatic heterocycles. The zero-order chi connectivity index (χ0) is 14.0. The van der Waals surface area contributed by atoms with Gasteiger partial charge in [0.25, 0.3) is 0 Å². The number of esters is 2. The minimum Gasteiger partial charge on any atom is -0.487 e. The second-order valence-electron chi connectivity index (χ2n) is 5.32. The molecule has 0 bridgehead atoms. The van der Waals surface area contributed by atoms with Gasteiger partial charge in [-0.3, -0.25) is 0 Å². The van der Waals surface area contributed by atoms with E-state index in [2.05, 4.69) is 11.7 Å². The second kappa shape index (κ2) is 5.03. The van der Waals surface area contributed by atoms with Crippen LogP contribution in [0.25, 0.3) is 0 Å². The second-order valence-corrected chi connectivity index (χ2v) is 5.32. The van der Waals surface area contributed by atoms with Crippen LogP contribution in [0.5, 0.6) is 5.75 Å². The zero-order valence-corrected chi connectivity index (χ0v) is 11.5. The van der Waals surface area contributed by atoms with Crippen LogP contribution in [0, 0.1) is 0 Å². The Morgan fingerprint density at radius 1 is 1.21 bits per heavy atom. The molecule has 1 aromatic carbocycles. The number of ether oxygens (including phenoxy) is 2. The zero-order valence-electron chi connectivity index (χ0n) is 11.5. The van der Waals surface area contributed by atoms with Crippen molar-refractivity contribution in [2.45, 2.75) is 45.6 Å². The molecule has 4 heteroatoms. The molecule has 1 aliphatic rings. The van der Waals surface area contributed by atoms with Gasteiger partial charge in [0.2, 0.25) is 0 Å². The Morgan fingerprint density at radius 3 is 2.63 bits per heavy atom. The van der Waals surface area contributed by atoms with E-state index in [4.69, 9.17) is 4.74 Å². The fourth-order valence-electron chi connectivity index (χ4n) is 2.14. The first kappa shape index (κ1) is 13.6. The summed E-state index contributed by atoms with van der Waals surface area (Å²) in [5, 5.41) is 0. The summed E-state index contributed by atoms with van der Waals surface area (Å²) in [6.07, 6.45) is 3.02. The maximum absolute atomic E-state index is 11.7. The van der Waals surface area contributed by atoms with Gasteiger partial charge in [-0.15, -0.1) is 0 Å². The first-order valence-electron chi connectivity index (χ1n) is 6.53. The van der Waals surface area contributed by atoms with Crippen LogP contribution in [-0.2, 0) is 4.74 Å². The molecule has 0 saturated carbocycles. The van der Waals surface area contributed by atoms with E-state index in [9.17, 15) is 9.59 Å². The average Bonchev–Trinajstić information content (AvgIpc) is 2.63. The highest BCUT2D eigenvalue weighted by Crippen LogP contribution is 2.32. The van der Waals surface area contributed by atoms with E-state index in [-0.39, 0.29) is 16.7 Å². The lowest BCUT2D eigenvalue weighted by molar-refractivity contribution is 0.0439. The molecule has 1 aromatic rings. The third-order valence-electron chi connectivity index (χ3n) is 3.15. The Labute approximate surface area is 112 Å². The van der Waals surface area contributed by atoms with Crippen molar-refractivity contribution in [2.24, 2.45) is 0 Å². The van der Waals surface area contributed by atoms with Crippen LogP contribution in [0.15, 0.2) is 18.2 Å². The van der Waals surface area contributed by atoms with Crippen molar-refractivity contribution >= 4 is 11.9 Å². The normalized spacial score (nSPS) is 14.3. The van der Waals surface area contributed by atoms with E-state index in [1.807, 2.05) is 13.8 Å². The lowest BCUT2D eigenvalue weighted by atomic mass is 10.0. The van der Waals surface area contributed by atoms with Crippen LogP contribution in [0.1, 0.15) is 60.7 Å². The number of carbonyl (C=O) groups excluding carboxylic acids is 2. The molecule has 0 atom stereocenters. The van der Waals surface area contributed by atoms with E-state index in [1.165, 1.54) is 0 Å². The number of unbranched alkanes of at least 4 members (excludes halogenated alkanes) is 1. The molecule has 0 unspecified atom stereocenters. The molecule has 0 saturated heterocycles. The quantitative estimate of drug-likeness (QED) is 0.603. The molecular formula is C15H18O4. The number of hydrogen-bond donors (Lipinski definition) is 0. The third kappa shape index (κ3) is 2.78. The van der Waals surface area contributed by atoms with Gasteiger partial charge in [-0.1, -0.05) is 19.4 Å². The van der Waals surface area contributed by atoms with Gasteiger partial charge in [-0.25, -0.2) is 9.59 Å².